The second kappa shape index (κ2) is 8.14. The highest BCUT2D eigenvalue weighted by molar-refractivity contribution is 14.1. The van der Waals surface area contributed by atoms with Crippen LogP contribution >= 0.6 is 22.6 Å². The summed E-state index contributed by atoms with van der Waals surface area (Å²) in [7, 11) is 0. The lowest BCUT2D eigenvalue weighted by molar-refractivity contribution is -0.0195. The molecule has 0 aliphatic heterocycles. The van der Waals surface area contributed by atoms with E-state index >= 15 is 0 Å². The lowest BCUT2D eigenvalue weighted by Crippen LogP contribution is -2.28. The number of anilines is 1. The SMILES string of the molecule is OC(CNc1ccc(F)cc1I)COC1CCCCC1. The Morgan fingerprint density at radius 2 is 2.10 bits per heavy atom. The van der Waals surface area contributed by atoms with Crippen LogP contribution in [0.1, 0.15) is 32.1 Å². The molecule has 1 aliphatic rings. The number of rotatable bonds is 6. The minimum absolute atomic E-state index is 0.249. The van der Waals surface area contributed by atoms with Crippen LogP contribution in [0.25, 0.3) is 0 Å². The van der Waals surface area contributed by atoms with Crippen molar-refractivity contribution in [1.82, 2.24) is 0 Å². The monoisotopic (exact) mass is 393 g/mol. The van der Waals surface area contributed by atoms with Gasteiger partial charge in [-0.1, -0.05) is 19.3 Å². The summed E-state index contributed by atoms with van der Waals surface area (Å²) in [6, 6.07) is 4.56. The minimum atomic E-state index is -0.544. The Balaban J connectivity index is 1.70. The van der Waals surface area contributed by atoms with Crippen molar-refractivity contribution in [2.75, 3.05) is 18.5 Å². The van der Waals surface area contributed by atoms with E-state index in [-0.39, 0.29) is 5.82 Å². The zero-order chi connectivity index (χ0) is 14.4. The van der Waals surface area contributed by atoms with Crippen molar-refractivity contribution in [2.24, 2.45) is 0 Å². The molecule has 1 atom stereocenters. The molecular formula is C15H21FINO2. The molecule has 20 heavy (non-hydrogen) atoms. The molecule has 0 amide bonds. The van der Waals surface area contributed by atoms with Gasteiger partial charge >= 0.3 is 0 Å². The molecule has 1 saturated carbocycles. The summed E-state index contributed by atoms with van der Waals surface area (Å²) in [4.78, 5) is 0. The largest absolute Gasteiger partial charge is 0.389 e. The van der Waals surface area contributed by atoms with Crippen LogP contribution in [0.15, 0.2) is 18.2 Å². The van der Waals surface area contributed by atoms with Gasteiger partial charge in [-0.05, 0) is 53.6 Å². The van der Waals surface area contributed by atoms with E-state index in [0.717, 1.165) is 22.1 Å². The Bertz CT molecular complexity index is 424. The van der Waals surface area contributed by atoms with Crippen LogP contribution in [0.3, 0.4) is 0 Å². The van der Waals surface area contributed by atoms with E-state index in [1.165, 1.54) is 31.4 Å². The molecule has 0 heterocycles. The molecule has 1 aliphatic carbocycles. The third kappa shape index (κ3) is 5.18. The number of nitrogens with one attached hydrogen (secondary N) is 1. The molecule has 112 valence electrons. The highest BCUT2D eigenvalue weighted by Gasteiger charge is 2.15. The van der Waals surface area contributed by atoms with E-state index < -0.39 is 6.10 Å². The van der Waals surface area contributed by atoms with Gasteiger partial charge in [0.2, 0.25) is 0 Å². The van der Waals surface area contributed by atoms with Gasteiger partial charge in [0.25, 0.3) is 0 Å². The van der Waals surface area contributed by atoms with Crippen LogP contribution in [0.5, 0.6) is 0 Å². The fourth-order valence-corrected chi connectivity index (χ4v) is 3.07. The molecular weight excluding hydrogens is 372 g/mol. The van der Waals surface area contributed by atoms with Gasteiger partial charge in [0.05, 0.1) is 18.8 Å². The highest BCUT2D eigenvalue weighted by atomic mass is 127. The van der Waals surface area contributed by atoms with Crippen molar-refractivity contribution in [3.63, 3.8) is 0 Å². The highest BCUT2D eigenvalue weighted by Crippen LogP contribution is 2.21. The van der Waals surface area contributed by atoms with Crippen molar-refractivity contribution >= 4 is 28.3 Å². The molecule has 1 aromatic rings. The molecule has 2 N–H and O–H groups in total. The number of hydrogen-bond acceptors (Lipinski definition) is 3. The van der Waals surface area contributed by atoms with Crippen molar-refractivity contribution in [3.8, 4) is 0 Å². The maximum atomic E-state index is 13.0. The first-order chi connectivity index (χ1) is 9.65. The molecule has 2 rings (SSSR count). The Kier molecular flexibility index (Phi) is 6.51. The van der Waals surface area contributed by atoms with Crippen LogP contribution in [0.2, 0.25) is 0 Å². The molecule has 0 aromatic heterocycles. The van der Waals surface area contributed by atoms with Gasteiger partial charge in [-0.3, -0.25) is 0 Å². The first kappa shape index (κ1) is 16.0. The number of benzene rings is 1. The quantitative estimate of drug-likeness (QED) is 0.727. The van der Waals surface area contributed by atoms with E-state index in [0.29, 0.717) is 19.3 Å². The summed E-state index contributed by atoms with van der Waals surface area (Å²) in [5.74, 6) is -0.249. The third-order valence-corrected chi connectivity index (χ3v) is 4.43. The summed E-state index contributed by atoms with van der Waals surface area (Å²) in [6.45, 7) is 0.768. The van der Waals surface area contributed by atoms with Crippen molar-refractivity contribution in [1.29, 1.82) is 0 Å². The van der Waals surface area contributed by atoms with E-state index in [9.17, 15) is 9.50 Å². The summed E-state index contributed by atoms with van der Waals surface area (Å²) in [6.07, 6.45) is 5.74. The third-order valence-electron chi connectivity index (χ3n) is 3.54. The van der Waals surface area contributed by atoms with Gasteiger partial charge in [0.1, 0.15) is 5.82 Å². The Morgan fingerprint density at radius 1 is 1.35 bits per heavy atom. The molecule has 0 radical (unpaired) electrons. The molecule has 5 heteroatoms. The summed E-state index contributed by atoms with van der Waals surface area (Å²) in [5.41, 5.74) is 0.837. The maximum absolute atomic E-state index is 13.0. The predicted molar refractivity (Wildman–Crippen MR) is 86.4 cm³/mol. The van der Waals surface area contributed by atoms with Gasteiger partial charge < -0.3 is 15.2 Å². The smallest absolute Gasteiger partial charge is 0.124 e. The number of halogens is 2. The number of hydrogen-bond donors (Lipinski definition) is 2. The number of aliphatic hydroxyl groups excluding tert-OH is 1. The maximum Gasteiger partial charge on any atom is 0.124 e. The van der Waals surface area contributed by atoms with Gasteiger partial charge in [-0.15, -0.1) is 0 Å². The van der Waals surface area contributed by atoms with Crippen LogP contribution in [-0.2, 0) is 4.74 Å². The standard InChI is InChI=1S/C15H21FINO2/c16-11-6-7-15(14(17)8-11)18-9-12(19)10-20-13-4-2-1-3-5-13/h6-8,12-13,18-19H,1-5,9-10H2. The van der Waals surface area contributed by atoms with E-state index in [1.807, 2.05) is 0 Å². The topological polar surface area (TPSA) is 41.5 Å². The predicted octanol–water partition coefficient (Wildman–Crippen LogP) is 3.55. The molecule has 3 nitrogen and oxygen atoms in total. The van der Waals surface area contributed by atoms with Crippen LogP contribution in [-0.4, -0.2) is 30.5 Å². The first-order valence-corrected chi connectivity index (χ1v) is 8.21. The van der Waals surface area contributed by atoms with Gasteiger partial charge in [0.15, 0.2) is 0 Å². The summed E-state index contributed by atoms with van der Waals surface area (Å²) >= 11 is 2.07. The minimum Gasteiger partial charge on any atom is -0.389 e. The second-order valence-electron chi connectivity index (χ2n) is 5.25. The van der Waals surface area contributed by atoms with Crippen LogP contribution in [0, 0.1) is 9.39 Å². The molecule has 1 aromatic carbocycles. The molecule has 1 fully saturated rings. The lowest BCUT2D eigenvalue weighted by atomic mass is 9.98. The second-order valence-corrected chi connectivity index (χ2v) is 6.41. The number of aliphatic hydroxyl groups is 1. The van der Waals surface area contributed by atoms with Crippen molar-refractivity contribution < 1.29 is 14.2 Å². The van der Waals surface area contributed by atoms with E-state index in [2.05, 4.69) is 27.9 Å². The molecule has 0 spiro atoms. The fourth-order valence-electron chi connectivity index (χ4n) is 2.40. The van der Waals surface area contributed by atoms with Crippen molar-refractivity contribution in [2.45, 2.75) is 44.3 Å². The molecule has 0 bridgehead atoms. The zero-order valence-corrected chi connectivity index (χ0v) is 13.6. The average molecular weight is 393 g/mol. The van der Waals surface area contributed by atoms with Gasteiger partial charge in [0, 0.05) is 15.8 Å². The Labute approximate surface area is 133 Å². The Morgan fingerprint density at radius 3 is 2.80 bits per heavy atom. The average Bonchev–Trinajstić information content (AvgIpc) is 2.45. The normalized spacial score (nSPS) is 17.9. The zero-order valence-electron chi connectivity index (χ0n) is 11.4. The van der Waals surface area contributed by atoms with Gasteiger partial charge in [-0.2, -0.15) is 0 Å². The van der Waals surface area contributed by atoms with E-state index in [1.54, 1.807) is 6.07 Å². The lowest BCUT2D eigenvalue weighted by Gasteiger charge is -2.23. The Hall–Kier alpha value is -0.400. The van der Waals surface area contributed by atoms with Gasteiger partial charge in [-0.25, -0.2) is 4.39 Å². The van der Waals surface area contributed by atoms with Crippen LogP contribution in [0.4, 0.5) is 10.1 Å². The molecule has 0 saturated heterocycles. The number of ether oxygens (including phenoxy) is 1. The summed E-state index contributed by atoms with van der Waals surface area (Å²) in [5, 5.41) is 13.0. The fraction of sp³-hybridized carbons (Fsp3) is 0.600. The van der Waals surface area contributed by atoms with Crippen LogP contribution < -0.4 is 5.32 Å². The van der Waals surface area contributed by atoms with E-state index in [4.69, 9.17) is 4.74 Å². The summed E-state index contributed by atoms with van der Waals surface area (Å²) < 4.78 is 19.5. The molecule has 1 unspecified atom stereocenters. The van der Waals surface area contributed by atoms with Crippen molar-refractivity contribution in [3.05, 3.63) is 27.6 Å². The first-order valence-electron chi connectivity index (χ1n) is 7.14.